The topological polar surface area (TPSA) is 83.2 Å². The highest BCUT2D eigenvalue weighted by Crippen LogP contribution is 2.37. The van der Waals surface area contributed by atoms with Crippen molar-refractivity contribution in [2.24, 2.45) is 5.41 Å². The molecule has 6 nitrogen and oxygen atoms in total. The lowest BCUT2D eigenvalue weighted by Gasteiger charge is -2.32. The minimum Gasteiger partial charge on any atom is -0.384 e. The number of carbonyl (C=O) groups is 2. The number of thiophene rings is 1. The first-order chi connectivity index (χ1) is 15.0. The Morgan fingerprint density at radius 1 is 1.16 bits per heavy atom. The van der Waals surface area contributed by atoms with Crippen molar-refractivity contribution in [3.8, 4) is 0 Å². The van der Waals surface area contributed by atoms with Crippen molar-refractivity contribution in [3.05, 3.63) is 46.2 Å². The standard InChI is InChI=1S/C24H29N3O3S/c1-24(11-4-3-5-12-24)23(29)25-16-8-9-17-18(10-13-30-2)21(26-19(17)15-16)27-22(28)20-7-6-14-31-20/h6-9,14-15,26H,3-5,10-13H2,1-2H3,(H,25,29)(H,27,28). The molecule has 0 bridgehead atoms. The van der Waals surface area contributed by atoms with Gasteiger partial charge in [0.1, 0.15) is 5.82 Å². The van der Waals surface area contributed by atoms with Gasteiger partial charge in [0.15, 0.2) is 0 Å². The number of ether oxygens (including phenoxy) is 1. The van der Waals surface area contributed by atoms with Gasteiger partial charge in [0.2, 0.25) is 5.91 Å². The molecule has 2 aromatic heterocycles. The fourth-order valence-electron chi connectivity index (χ4n) is 4.33. The van der Waals surface area contributed by atoms with Gasteiger partial charge in [0.05, 0.1) is 11.5 Å². The Morgan fingerprint density at radius 3 is 2.68 bits per heavy atom. The minimum atomic E-state index is -0.299. The van der Waals surface area contributed by atoms with Crippen molar-refractivity contribution >= 4 is 45.6 Å². The summed E-state index contributed by atoms with van der Waals surface area (Å²) in [4.78, 5) is 29.5. The third-order valence-corrected chi connectivity index (χ3v) is 7.08. The summed E-state index contributed by atoms with van der Waals surface area (Å²) in [6.45, 7) is 2.61. The third-order valence-electron chi connectivity index (χ3n) is 6.21. The van der Waals surface area contributed by atoms with Gasteiger partial charge in [-0.25, -0.2) is 0 Å². The number of hydrogen-bond donors (Lipinski definition) is 3. The lowest BCUT2D eigenvalue weighted by atomic mass is 9.75. The van der Waals surface area contributed by atoms with Gasteiger partial charge >= 0.3 is 0 Å². The third kappa shape index (κ3) is 4.67. The molecule has 1 saturated carbocycles. The molecule has 0 atom stereocenters. The fourth-order valence-corrected chi connectivity index (χ4v) is 4.95. The van der Waals surface area contributed by atoms with Crippen LogP contribution in [0.25, 0.3) is 10.9 Å². The maximum Gasteiger partial charge on any atom is 0.266 e. The number of H-pyrrole nitrogens is 1. The second-order valence-electron chi connectivity index (χ2n) is 8.49. The number of hydrogen-bond acceptors (Lipinski definition) is 4. The Morgan fingerprint density at radius 2 is 1.97 bits per heavy atom. The molecular weight excluding hydrogens is 410 g/mol. The van der Waals surface area contributed by atoms with Gasteiger partial charge in [0.25, 0.3) is 5.91 Å². The van der Waals surface area contributed by atoms with Crippen molar-refractivity contribution in [2.75, 3.05) is 24.4 Å². The average molecular weight is 440 g/mol. The first-order valence-corrected chi connectivity index (χ1v) is 11.7. The van der Waals surface area contributed by atoms with Gasteiger partial charge < -0.3 is 20.4 Å². The Labute approximate surface area is 186 Å². The maximum atomic E-state index is 12.9. The molecule has 1 aliphatic carbocycles. The number of anilines is 2. The number of aromatic nitrogens is 1. The number of aromatic amines is 1. The molecule has 2 amide bonds. The zero-order valence-electron chi connectivity index (χ0n) is 18.0. The molecule has 2 heterocycles. The highest BCUT2D eigenvalue weighted by Gasteiger charge is 2.34. The summed E-state index contributed by atoms with van der Waals surface area (Å²) in [7, 11) is 1.66. The summed E-state index contributed by atoms with van der Waals surface area (Å²) in [5.41, 5.74) is 2.34. The number of amides is 2. The van der Waals surface area contributed by atoms with E-state index in [1.54, 1.807) is 13.2 Å². The fraction of sp³-hybridized carbons (Fsp3) is 0.417. The molecule has 0 spiro atoms. The summed E-state index contributed by atoms with van der Waals surface area (Å²) < 4.78 is 5.27. The number of rotatable bonds is 7. The smallest absolute Gasteiger partial charge is 0.266 e. The molecular formula is C24H29N3O3S. The largest absolute Gasteiger partial charge is 0.384 e. The van der Waals surface area contributed by atoms with Crippen molar-refractivity contribution in [2.45, 2.75) is 45.4 Å². The highest BCUT2D eigenvalue weighted by molar-refractivity contribution is 7.12. The lowest BCUT2D eigenvalue weighted by molar-refractivity contribution is -0.126. The van der Waals surface area contributed by atoms with Crippen LogP contribution < -0.4 is 10.6 Å². The Kier molecular flexibility index (Phi) is 6.43. The van der Waals surface area contributed by atoms with Gasteiger partial charge in [0, 0.05) is 34.7 Å². The van der Waals surface area contributed by atoms with Crippen LogP contribution in [0.2, 0.25) is 0 Å². The van der Waals surface area contributed by atoms with Crippen LogP contribution in [0.4, 0.5) is 11.5 Å². The minimum absolute atomic E-state index is 0.0870. The molecule has 1 fully saturated rings. The average Bonchev–Trinajstić information content (AvgIpc) is 3.41. The van der Waals surface area contributed by atoms with E-state index in [4.69, 9.17) is 4.74 Å². The number of carbonyl (C=O) groups excluding carboxylic acids is 2. The zero-order chi connectivity index (χ0) is 21.8. The normalized spacial score (nSPS) is 15.7. The summed E-state index contributed by atoms with van der Waals surface area (Å²) in [5.74, 6) is 0.621. The van der Waals surface area contributed by atoms with Crippen LogP contribution in [0.3, 0.4) is 0 Å². The summed E-state index contributed by atoms with van der Waals surface area (Å²) >= 11 is 1.41. The first kappa shape index (κ1) is 21.6. The van der Waals surface area contributed by atoms with Crippen LogP contribution >= 0.6 is 11.3 Å². The van der Waals surface area contributed by atoms with E-state index < -0.39 is 0 Å². The van der Waals surface area contributed by atoms with E-state index in [0.29, 0.717) is 23.7 Å². The molecule has 3 N–H and O–H groups in total. The Hall–Kier alpha value is -2.64. The quantitative estimate of drug-likeness (QED) is 0.449. The SMILES string of the molecule is COCCc1c(NC(=O)c2cccs2)[nH]c2cc(NC(=O)C3(C)CCCCC3)ccc12. The highest BCUT2D eigenvalue weighted by atomic mass is 32.1. The monoisotopic (exact) mass is 439 g/mol. The van der Waals surface area contributed by atoms with Crippen molar-refractivity contribution in [1.82, 2.24) is 4.98 Å². The van der Waals surface area contributed by atoms with E-state index in [2.05, 4.69) is 22.5 Å². The number of methoxy groups -OCH3 is 1. The van der Waals surface area contributed by atoms with E-state index >= 15 is 0 Å². The molecule has 7 heteroatoms. The van der Waals surface area contributed by atoms with Crippen molar-refractivity contribution in [3.63, 3.8) is 0 Å². The van der Waals surface area contributed by atoms with Crippen LogP contribution in [0.5, 0.6) is 0 Å². The summed E-state index contributed by atoms with van der Waals surface area (Å²) in [6, 6.07) is 9.53. The van der Waals surface area contributed by atoms with E-state index in [1.165, 1.54) is 17.8 Å². The Balaban J connectivity index is 1.59. The number of nitrogens with one attached hydrogen (secondary N) is 3. The number of benzene rings is 1. The molecule has 4 rings (SSSR count). The van der Waals surface area contributed by atoms with Gasteiger partial charge in [-0.3, -0.25) is 9.59 Å². The second-order valence-corrected chi connectivity index (χ2v) is 9.44. The van der Waals surface area contributed by atoms with Gasteiger partial charge in [-0.1, -0.05) is 38.3 Å². The predicted octanol–water partition coefficient (Wildman–Crippen LogP) is 5.58. The predicted molar refractivity (Wildman–Crippen MR) is 126 cm³/mol. The van der Waals surface area contributed by atoms with Gasteiger partial charge in [-0.2, -0.15) is 0 Å². The molecule has 31 heavy (non-hydrogen) atoms. The lowest BCUT2D eigenvalue weighted by Crippen LogP contribution is -2.35. The summed E-state index contributed by atoms with van der Waals surface area (Å²) in [6.07, 6.45) is 5.96. The zero-order valence-corrected chi connectivity index (χ0v) is 18.9. The van der Waals surface area contributed by atoms with Crippen LogP contribution in [0.1, 0.15) is 54.3 Å². The molecule has 0 saturated heterocycles. The van der Waals surface area contributed by atoms with Gasteiger partial charge in [-0.05, 0) is 42.8 Å². The van der Waals surface area contributed by atoms with E-state index in [1.807, 2.05) is 29.6 Å². The molecule has 3 aromatic rings. The van der Waals surface area contributed by atoms with Crippen molar-refractivity contribution in [1.29, 1.82) is 0 Å². The second kappa shape index (κ2) is 9.24. The van der Waals surface area contributed by atoms with Crippen LogP contribution in [-0.4, -0.2) is 30.5 Å². The van der Waals surface area contributed by atoms with Crippen molar-refractivity contribution < 1.29 is 14.3 Å². The van der Waals surface area contributed by atoms with Gasteiger partial charge in [-0.15, -0.1) is 11.3 Å². The first-order valence-electron chi connectivity index (χ1n) is 10.8. The van der Waals surface area contributed by atoms with E-state index in [9.17, 15) is 9.59 Å². The maximum absolute atomic E-state index is 12.9. The molecule has 1 aliphatic rings. The van der Waals surface area contributed by atoms with Crippen LogP contribution in [0, 0.1) is 5.41 Å². The molecule has 0 aliphatic heterocycles. The van der Waals surface area contributed by atoms with Crippen LogP contribution in [0.15, 0.2) is 35.7 Å². The van der Waals surface area contributed by atoms with E-state index in [-0.39, 0.29) is 17.2 Å². The summed E-state index contributed by atoms with van der Waals surface area (Å²) in [5, 5.41) is 9.01. The number of fused-ring (bicyclic) bond motifs is 1. The van der Waals surface area contributed by atoms with E-state index in [0.717, 1.165) is 47.8 Å². The van der Waals surface area contributed by atoms with Crippen LogP contribution in [-0.2, 0) is 16.0 Å². The Bertz CT molecular complexity index is 1070. The molecule has 164 valence electrons. The molecule has 0 unspecified atom stereocenters. The molecule has 1 aromatic carbocycles. The molecule has 0 radical (unpaired) electrons.